The molecule has 2 heteroatoms. The molecule has 2 aliphatic rings. The fourth-order valence-corrected chi connectivity index (χ4v) is 2.46. The van der Waals surface area contributed by atoms with Crippen LogP contribution in [0.5, 0.6) is 5.75 Å². The van der Waals surface area contributed by atoms with Crippen LogP contribution in [0.2, 0.25) is 0 Å². The van der Waals surface area contributed by atoms with E-state index in [1.54, 1.807) is 0 Å². The molecule has 3 rings (SSSR count). The van der Waals surface area contributed by atoms with Crippen molar-refractivity contribution < 1.29 is 9.84 Å². The van der Waals surface area contributed by atoms with Crippen molar-refractivity contribution in [3.05, 3.63) is 29.8 Å². The second-order valence-electron chi connectivity index (χ2n) is 4.40. The molecular formula is C14H20O2. The van der Waals surface area contributed by atoms with Gasteiger partial charge in [0.15, 0.2) is 0 Å². The van der Waals surface area contributed by atoms with Gasteiger partial charge in [0, 0.05) is 12.0 Å². The number of para-hydroxylation sites is 1. The number of aliphatic hydroxyl groups excluding tert-OH is 1. The fourth-order valence-electron chi connectivity index (χ4n) is 2.46. The van der Waals surface area contributed by atoms with Gasteiger partial charge in [0.05, 0.1) is 6.10 Å². The van der Waals surface area contributed by atoms with Crippen LogP contribution in [0.15, 0.2) is 24.3 Å². The highest BCUT2D eigenvalue weighted by atomic mass is 16.5. The second kappa shape index (κ2) is 4.46. The Morgan fingerprint density at radius 2 is 1.94 bits per heavy atom. The van der Waals surface area contributed by atoms with Gasteiger partial charge in [0.1, 0.15) is 11.4 Å². The monoisotopic (exact) mass is 220 g/mol. The molecule has 1 aromatic carbocycles. The van der Waals surface area contributed by atoms with Crippen LogP contribution in [-0.2, 0) is 0 Å². The van der Waals surface area contributed by atoms with Gasteiger partial charge in [-0.25, -0.2) is 0 Å². The summed E-state index contributed by atoms with van der Waals surface area (Å²) in [7, 11) is 0. The van der Waals surface area contributed by atoms with Gasteiger partial charge in [-0.15, -0.1) is 0 Å². The maximum Gasteiger partial charge on any atom is 0.125 e. The van der Waals surface area contributed by atoms with Crippen LogP contribution in [0.25, 0.3) is 0 Å². The van der Waals surface area contributed by atoms with E-state index in [-0.39, 0.29) is 11.7 Å². The third kappa shape index (κ3) is 1.82. The van der Waals surface area contributed by atoms with Crippen molar-refractivity contribution in [2.75, 3.05) is 0 Å². The smallest absolute Gasteiger partial charge is 0.125 e. The lowest BCUT2D eigenvalue weighted by Crippen LogP contribution is -2.46. The van der Waals surface area contributed by atoms with E-state index in [0.717, 1.165) is 30.6 Å². The van der Waals surface area contributed by atoms with E-state index in [1.807, 2.05) is 38.1 Å². The van der Waals surface area contributed by atoms with Crippen LogP contribution in [0, 0.1) is 0 Å². The summed E-state index contributed by atoms with van der Waals surface area (Å²) in [6, 6.07) is 7.82. The van der Waals surface area contributed by atoms with Gasteiger partial charge in [-0.05, 0) is 25.3 Å². The van der Waals surface area contributed by atoms with E-state index in [4.69, 9.17) is 4.74 Å². The minimum atomic E-state index is -0.333. The number of aliphatic hydroxyl groups is 1. The summed E-state index contributed by atoms with van der Waals surface area (Å²) in [6.45, 7) is 4.00. The highest BCUT2D eigenvalue weighted by molar-refractivity contribution is 5.38. The molecule has 1 aliphatic heterocycles. The molecule has 1 saturated carbocycles. The van der Waals surface area contributed by atoms with Gasteiger partial charge >= 0.3 is 0 Å². The Morgan fingerprint density at radius 3 is 2.56 bits per heavy atom. The Balaban J connectivity index is 0.000000457. The first-order valence-corrected chi connectivity index (χ1v) is 6.25. The van der Waals surface area contributed by atoms with Crippen LogP contribution in [0.1, 0.15) is 51.2 Å². The minimum absolute atomic E-state index is 0.0340. The van der Waals surface area contributed by atoms with Crippen LogP contribution < -0.4 is 4.74 Å². The highest BCUT2D eigenvalue weighted by Gasteiger charge is 2.44. The quantitative estimate of drug-likeness (QED) is 0.725. The first kappa shape index (κ1) is 11.5. The van der Waals surface area contributed by atoms with Crippen LogP contribution in [-0.4, -0.2) is 10.7 Å². The molecule has 2 nitrogen and oxygen atoms in total. The summed E-state index contributed by atoms with van der Waals surface area (Å²) in [5, 5.41) is 9.98. The molecule has 1 heterocycles. The van der Waals surface area contributed by atoms with Crippen molar-refractivity contribution in [3.63, 3.8) is 0 Å². The van der Waals surface area contributed by atoms with Gasteiger partial charge in [0.2, 0.25) is 0 Å². The Bertz CT molecular complexity index is 356. The zero-order valence-electron chi connectivity index (χ0n) is 10.1. The number of benzene rings is 1. The third-order valence-corrected chi connectivity index (χ3v) is 3.43. The van der Waals surface area contributed by atoms with Gasteiger partial charge in [-0.2, -0.15) is 0 Å². The number of hydrogen-bond donors (Lipinski definition) is 1. The molecule has 1 spiro atoms. The first-order valence-electron chi connectivity index (χ1n) is 6.25. The Labute approximate surface area is 97.3 Å². The van der Waals surface area contributed by atoms with Crippen LogP contribution >= 0.6 is 0 Å². The SMILES string of the molecule is CC.OC1CC2(CCC2)Oc2ccccc21. The van der Waals surface area contributed by atoms with E-state index in [1.165, 1.54) is 6.42 Å². The zero-order valence-corrected chi connectivity index (χ0v) is 10.1. The van der Waals surface area contributed by atoms with Crippen LogP contribution in [0.3, 0.4) is 0 Å². The van der Waals surface area contributed by atoms with E-state index < -0.39 is 0 Å². The lowest BCUT2D eigenvalue weighted by molar-refractivity contribution is -0.0663. The Hall–Kier alpha value is -1.02. The average molecular weight is 220 g/mol. The lowest BCUT2D eigenvalue weighted by Gasteiger charge is -2.46. The van der Waals surface area contributed by atoms with Crippen molar-refractivity contribution >= 4 is 0 Å². The summed E-state index contributed by atoms with van der Waals surface area (Å²) in [6.07, 6.45) is 3.86. The molecule has 1 fully saturated rings. The maximum absolute atomic E-state index is 9.98. The van der Waals surface area contributed by atoms with Crippen molar-refractivity contribution in [2.45, 2.75) is 51.2 Å². The molecule has 0 aromatic heterocycles. The van der Waals surface area contributed by atoms with E-state index in [0.29, 0.717) is 0 Å². The molecule has 1 atom stereocenters. The topological polar surface area (TPSA) is 29.5 Å². The first-order chi connectivity index (χ1) is 7.79. The lowest BCUT2D eigenvalue weighted by atomic mass is 9.73. The van der Waals surface area contributed by atoms with Crippen LogP contribution in [0.4, 0.5) is 0 Å². The Kier molecular flexibility index (Phi) is 3.20. The second-order valence-corrected chi connectivity index (χ2v) is 4.40. The molecular weight excluding hydrogens is 200 g/mol. The molecule has 1 aromatic rings. The van der Waals surface area contributed by atoms with Gasteiger partial charge in [-0.1, -0.05) is 32.0 Å². The number of ether oxygens (including phenoxy) is 1. The number of fused-ring (bicyclic) bond motifs is 1. The third-order valence-electron chi connectivity index (χ3n) is 3.43. The molecule has 0 saturated heterocycles. The molecule has 16 heavy (non-hydrogen) atoms. The minimum Gasteiger partial charge on any atom is -0.487 e. The van der Waals surface area contributed by atoms with Crippen molar-refractivity contribution in [2.24, 2.45) is 0 Å². The van der Waals surface area contributed by atoms with Crippen molar-refractivity contribution in [3.8, 4) is 5.75 Å². The van der Waals surface area contributed by atoms with Crippen molar-refractivity contribution in [1.29, 1.82) is 0 Å². The largest absolute Gasteiger partial charge is 0.487 e. The summed E-state index contributed by atoms with van der Waals surface area (Å²) in [5.41, 5.74) is 0.915. The zero-order chi connectivity index (χ0) is 11.6. The van der Waals surface area contributed by atoms with Gasteiger partial charge in [0.25, 0.3) is 0 Å². The summed E-state index contributed by atoms with van der Waals surface area (Å²) < 4.78 is 5.97. The molecule has 1 N–H and O–H groups in total. The van der Waals surface area contributed by atoms with Gasteiger partial charge < -0.3 is 9.84 Å². The Morgan fingerprint density at radius 1 is 1.25 bits per heavy atom. The highest BCUT2D eigenvalue weighted by Crippen LogP contribution is 2.48. The molecule has 0 bridgehead atoms. The number of hydrogen-bond acceptors (Lipinski definition) is 2. The predicted molar refractivity (Wildman–Crippen MR) is 64.6 cm³/mol. The maximum atomic E-state index is 9.98. The molecule has 0 radical (unpaired) electrons. The summed E-state index contributed by atoms with van der Waals surface area (Å²) in [5.74, 6) is 0.881. The summed E-state index contributed by atoms with van der Waals surface area (Å²) >= 11 is 0. The van der Waals surface area contributed by atoms with E-state index >= 15 is 0 Å². The fraction of sp³-hybridized carbons (Fsp3) is 0.571. The normalized spacial score (nSPS) is 24.6. The average Bonchev–Trinajstić information content (AvgIpc) is 2.30. The molecule has 1 unspecified atom stereocenters. The standard InChI is InChI=1S/C12H14O2.C2H6/c13-10-8-12(6-3-7-12)14-11-5-2-1-4-9(10)11;1-2/h1-2,4-5,10,13H,3,6-8H2;1-2H3. The summed E-state index contributed by atoms with van der Waals surface area (Å²) in [4.78, 5) is 0. The van der Waals surface area contributed by atoms with Crippen molar-refractivity contribution in [1.82, 2.24) is 0 Å². The van der Waals surface area contributed by atoms with E-state index in [9.17, 15) is 5.11 Å². The molecule has 1 aliphatic carbocycles. The molecule has 88 valence electrons. The van der Waals surface area contributed by atoms with E-state index in [2.05, 4.69) is 0 Å². The molecule has 0 amide bonds. The predicted octanol–water partition coefficient (Wildman–Crippen LogP) is 3.45. The number of rotatable bonds is 0. The van der Waals surface area contributed by atoms with Gasteiger partial charge in [-0.3, -0.25) is 0 Å².